The first-order chi connectivity index (χ1) is 10.1. The molecular formula is C16H11BrFNO2. The topological polar surface area (TPSA) is 37.4 Å². The summed E-state index contributed by atoms with van der Waals surface area (Å²) in [6, 6.07) is 12.2. The van der Waals surface area contributed by atoms with Crippen LogP contribution in [0.3, 0.4) is 0 Å². The Morgan fingerprint density at radius 3 is 2.52 bits per heavy atom. The quantitative estimate of drug-likeness (QED) is 0.798. The average Bonchev–Trinajstić information content (AvgIpc) is 2.71. The van der Waals surface area contributed by atoms with Crippen LogP contribution in [0.25, 0.3) is 0 Å². The molecule has 0 unspecified atom stereocenters. The highest BCUT2D eigenvalue weighted by Gasteiger charge is 2.36. The van der Waals surface area contributed by atoms with E-state index in [0.717, 1.165) is 5.56 Å². The smallest absolute Gasteiger partial charge is 0.299 e. The zero-order valence-corrected chi connectivity index (χ0v) is 12.6. The standard InChI is InChI=1S/C16H11BrFNO2/c17-12-8-11-14(9-13(12)18)19(16(21)15(11)20)7-6-10-4-2-1-3-5-10/h1-5,8-9H,6-7H2. The fourth-order valence-electron chi connectivity index (χ4n) is 2.40. The Morgan fingerprint density at radius 2 is 1.81 bits per heavy atom. The van der Waals surface area contributed by atoms with Crippen LogP contribution in [0.1, 0.15) is 15.9 Å². The van der Waals surface area contributed by atoms with E-state index in [0.29, 0.717) is 18.7 Å². The highest BCUT2D eigenvalue weighted by molar-refractivity contribution is 9.10. The van der Waals surface area contributed by atoms with E-state index in [1.165, 1.54) is 17.0 Å². The third-order valence-corrected chi connectivity index (χ3v) is 4.09. The number of carbonyl (C=O) groups is 2. The highest BCUT2D eigenvalue weighted by atomic mass is 79.9. The summed E-state index contributed by atoms with van der Waals surface area (Å²) in [6.45, 7) is 0.350. The predicted molar refractivity (Wildman–Crippen MR) is 80.9 cm³/mol. The summed E-state index contributed by atoms with van der Waals surface area (Å²) in [5.74, 6) is -1.67. The molecule has 0 bridgehead atoms. The maximum absolute atomic E-state index is 13.7. The third-order valence-electron chi connectivity index (χ3n) is 3.48. The van der Waals surface area contributed by atoms with Crippen molar-refractivity contribution in [3.8, 4) is 0 Å². The van der Waals surface area contributed by atoms with Crippen molar-refractivity contribution in [2.75, 3.05) is 11.4 Å². The van der Waals surface area contributed by atoms with E-state index in [1.54, 1.807) is 0 Å². The molecule has 0 radical (unpaired) electrons. The van der Waals surface area contributed by atoms with Crippen molar-refractivity contribution < 1.29 is 14.0 Å². The minimum Gasteiger partial charge on any atom is -0.304 e. The molecule has 0 fully saturated rings. The molecule has 0 atom stereocenters. The van der Waals surface area contributed by atoms with E-state index in [4.69, 9.17) is 0 Å². The lowest BCUT2D eigenvalue weighted by Gasteiger charge is -2.16. The molecule has 3 rings (SSSR count). The van der Waals surface area contributed by atoms with Gasteiger partial charge in [-0.1, -0.05) is 30.3 Å². The second-order valence-electron chi connectivity index (χ2n) is 4.80. The summed E-state index contributed by atoms with van der Waals surface area (Å²) in [4.78, 5) is 25.3. The summed E-state index contributed by atoms with van der Waals surface area (Å²) in [5, 5.41) is 0. The molecular weight excluding hydrogens is 337 g/mol. The number of hydrogen-bond acceptors (Lipinski definition) is 2. The first-order valence-electron chi connectivity index (χ1n) is 6.47. The molecule has 21 heavy (non-hydrogen) atoms. The molecule has 5 heteroatoms. The normalized spacial score (nSPS) is 13.7. The fraction of sp³-hybridized carbons (Fsp3) is 0.125. The molecule has 1 amide bonds. The van der Waals surface area contributed by atoms with Crippen molar-refractivity contribution in [1.29, 1.82) is 0 Å². The Labute approximate surface area is 129 Å². The molecule has 2 aromatic carbocycles. The Balaban J connectivity index is 1.89. The maximum atomic E-state index is 13.7. The van der Waals surface area contributed by atoms with E-state index >= 15 is 0 Å². The number of amides is 1. The van der Waals surface area contributed by atoms with Crippen molar-refractivity contribution in [3.63, 3.8) is 0 Å². The number of carbonyl (C=O) groups excluding carboxylic acids is 2. The highest BCUT2D eigenvalue weighted by Crippen LogP contribution is 2.33. The minimum absolute atomic E-state index is 0.187. The summed E-state index contributed by atoms with van der Waals surface area (Å²) in [6.07, 6.45) is 0.608. The molecule has 0 aromatic heterocycles. The second kappa shape index (κ2) is 5.41. The van der Waals surface area contributed by atoms with Gasteiger partial charge in [0.1, 0.15) is 5.82 Å². The van der Waals surface area contributed by atoms with Gasteiger partial charge in [-0.15, -0.1) is 0 Å². The van der Waals surface area contributed by atoms with Gasteiger partial charge < -0.3 is 4.90 Å². The van der Waals surface area contributed by atoms with E-state index in [-0.39, 0.29) is 10.0 Å². The Bertz CT molecular complexity index is 731. The molecule has 0 aliphatic carbocycles. The molecule has 0 saturated heterocycles. The van der Waals surface area contributed by atoms with Crippen molar-refractivity contribution in [3.05, 3.63) is 63.9 Å². The number of ketones is 1. The molecule has 1 aliphatic rings. The number of nitrogens with zero attached hydrogens (tertiary/aromatic N) is 1. The lowest BCUT2D eigenvalue weighted by Crippen LogP contribution is -2.31. The summed E-state index contributed by atoms with van der Waals surface area (Å²) in [5.41, 5.74) is 1.66. The number of rotatable bonds is 3. The molecule has 1 aliphatic heterocycles. The van der Waals surface area contributed by atoms with Crippen LogP contribution in [0.15, 0.2) is 46.9 Å². The van der Waals surface area contributed by atoms with Crippen LogP contribution < -0.4 is 4.90 Å². The predicted octanol–water partition coefficient (Wildman–Crippen LogP) is 3.36. The summed E-state index contributed by atoms with van der Waals surface area (Å²) < 4.78 is 13.9. The van der Waals surface area contributed by atoms with Gasteiger partial charge >= 0.3 is 0 Å². The summed E-state index contributed by atoms with van der Waals surface area (Å²) in [7, 11) is 0. The van der Waals surface area contributed by atoms with Crippen molar-refractivity contribution in [1.82, 2.24) is 0 Å². The van der Waals surface area contributed by atoms with Gasteiger partial charge in [-0.2, -0.15) is 0 Å². The molecule has 1 heterocycles. The van der Waals surface area contributed by atoms with E-state index in [9.17, 15) is 14.0 Å². The van der Waals surface area contributed by atoms with Crippen molar-refractivity contribution in [2.45, 2.75) is 6.42 Å². The summed E-state index contributed by atoms with van der Waals surface area (Å²) >= 11 is 3.03. The van der Waals surface area contributed by atoms with Crippen LogP contribution >= 0.6 is 15.9 Å². The number of benzene rings is 2. The maximum Gasteiger partial charge on any atom is 0.299 e. The SMILES string of the molecule is O=C1C(=O)N(CCc2ccccc2)c2cc(F)c(Br)cc21. The van der Waals surface area contributed by atoms with Gasteiger partial charge in [0, 0.05) is 6.54 Å². The zero-order valence-electron chi connectivity index (χ0n) is 11.0. The molecule has 0 spiro atoms. The average molecular weight is 348 g/mol. The second-order valence-corrected chi connectivity index (χ2v) is 5.66. The third kappa shape index (κ3) is 2.49. The lowest BCUT2D eigenvalue weighted by molar-refractivity contribution is -0.114. The Morgan fingerprint density at radius 1 is 1.10 bits per heavy atom. The fourth-order valence-corrected chi connectivity index (χ4v) is 2.74. The zero-order chi connectivity index (χ0) is 15.0. The molecule has 2 aromatic rings. The Hall–Kier alpha value is -2.01. The van der Waals surface area contributed by atoms with E-state index in [2.05, 4.69) is 15.9 Å². The van der Waals surface area contributed by atoms with Gasteiger partial charge in [0.25, 0.3) is 11.7 Å². The number of Topliss-reactive ketones (excluding diaryl/α,β-unsaturated/α-hetero) is 1. The molecule has 106 valence electrons. The van der Waals surface area contributed by atoms with Crippen molar-refractivity contribution >= 4 is 33.3 Å². The number of fused-ring (bicyclic) bond motifs is 1. The van der Waals surface area contributed by atoms with Crippen molar-refractivity contribution in [2.24, 2.45) is 0 Å². The van der Waals surface area contributed by atoms with Crippen LogP contribution in [0, 0.1) is 5.82 Å². The monoisotopic (exact) mass is 347 g/mol. The first-order valence-corrected chi connectivity index (χ1v) is 7.26. The minimum atomic E-state index is -0.599. The largest absolute Gasteiger partial charge is 0.304 e. The molecule has 0 saturated carbocycles. The van der Waals surface area contributed by atoms with Crippen LogP contribution in [0.2, 0.25) is 0 Å². The van der Waals surface area contributed by atoms with Gasteiger partial charge in [-0.05, 0) is 40.0 Å². The van der Waals surface area contributed by atoms with Crippen LogP contribution in [-0.2, 0) is 11.2 Å². The number of hydrogen-bond donors (Lipinski definition) is 0. The van der Waals surface area contributed by atoms with E-state index < -0.39 is 17.5 Å². The van der Waals surface area contributed by atoms with Gasteiger partial charge in [0.2, 0.25) is 0 Å². The van der Waals surface area contributed by atoms with Crippen LogP contribution in [0.5, 0.6) is 0 Å². The number of halogens is 2. The molecule has 3 nitrogen and oxygen atoms in total. The van der Waals surface area contributed by atoms with Crippen LogP contribution in [0.4, 0.5) is 10.1 Å². The van der Waals surface area contributed by atoms with Crippen LogP contribution in [-0.4, -0.2) is 18.2 Å². The van der Waals surface area contributed by atoms with Gasteiger partial charge in [-0.25, -0.2) is 4.39 Å². The molecule has 0 N–H and O–H groups in total. The van der Waals surface area contributed by atoms with Gasteiger partial charge in [0.15, 0.2) is 0 Å². The first kappa shape index (κ1) is 13.9. The van der Waals surface area contributed by atoms with Gasteiger partial charge in [-0.3, -0.25) is 9.59 Å². The Kier molecular flexibility index (Phi) is 3.59. The van der Waals surface area contributed by atoms with E-state index in [1.807, 2.05) is 30.3 Å². The van der Waals surface area contributed by atoms with Gasteiger partial charge in [0.05, 0.1) is 15.7 Å². The number of anilines is 1. The lowest BCUT2D eigenvalue weighted by atomic mass is 10.1.